The third kappa shape index (κ3) is 2.22. The summed E-state index contributed by atoms with van der Waals surface area (Å²) in [7, 11) is 0. The summed E-state index contributed by atoms with van der Waals surface area (Å²) in [5.74, 6) is 3.23. The van der Waals surface area contributed by atoms with Crippen LogP contribution in [0.15, 0.2) is 0 Å². The number of carbonyl (C=O) groups is 1. The summed E-state index contributed by atoms with van der Waals surface area (Å²) < 4.78 is 0. The second-order valence-corrected chi connectivity index (χ2v) is 9.54. The van der Waals surface area contributed by atoms with Crippen LogP contribution in [0.25, 0.3) is 0 Å². The van der Waals surface area contributed by atoms with Gasteiger partial charge in [-0.3, -0.25) is 4.79 Å². The molecule has 0 aromatic heterocycles. The molecule has 1 amide bonds. The van der Waals surface area contributed by atoms with Crippen LogP contribution in [-0.4, -0.2) is 23.7 Å². The molecule has 0 aliphatic heterocycles. The molecule has 0 spiro atoms. The summed E-state index contributed by atoms with van der Waals surface area (Å²) >= 11 is 0. The van der Waals surface area contributed by atoms with Crippen LogP contribution in [0, 0.1) is 34.5 Å². The highest BCUT2D eigenvalue weighted by Crippen LogP contribution is 2.66. The maximum Gasteiger partial charge on any atom is 0.207 e. The predicted molar refractivity (Wildman–Crippen MR) is 90.7 cm³/mol. The fourth-order valence-electron chi connectivity index (χ4n) is 7.59. The zero-order valence-corrected chi connectivity index (χ0v) is 14.8. The average molecular weight is 319 g/mol. The number of rotatable bonds is 2. The van der Waals surface area contributed by atoms with E-state index in [1.54, 1.807) is 0 Å². The molecule has 0 saturated heterocycles. The molecule has 8 atom stereocenters. The molecule has 0 unspecified atom stereocenters. The molecule has 4 fully saturated rings. The zero-order valence-electron chi connectivity index (χ0n) is 14.8. The number of hydrogen-bond donors (Lipinski definition) is 2. The SMILES string of the molecule is C[C@]12CC[C@H](O)C[C@@H]1CC[C@H]1[C@H]3CC[C@H](NC=O)[C@@]3(C)CC[C@@H]12. The third-order valence-electron chi connectivity index (χ3n) is 8.91. The molecule has 3 heteroatoms. The highest BCUT2D eigenvalue weighted by Gasteiger charge is 2.60. The molecule has 4 saturated carbocycles. The number of aliphatic hydroxyl groups is 1. The van der Waals surface area contributed by atoms with Crippen molar-refractivity contribution in [2.24, 2.45) is 34.5 Å². The van der Waals surface area contributed by atoms with Gasteiger partial charge in [0.25, 0.3) is 0 Å². The van der Waals surface area contributed by atoms with Crippen LogP contribution in [-0.2, 0) is 4.79 Å². The predicted octanol–water partition coefficient (Wildman–Crippen LogP) is 3.50. The van der Waals surface area contributed by atoms with E-state index in [2.05, 4.69) is 19.2 Å². The van der Waals surface area contributed by atoms with Gasteiger partial charge in [-0.2, -0.15) is 0 Å². The van der Waals surface area contributed by atoms with Gasteiger partial charge in [-0.15, -0.1) is 0 Å². The smallest absolute Gasteiger partial charge is 0.207 e. The largest absolute Gasteiger partial charge is 0.393 e. The van der Waals surface area contributed by atoms with Gasteiger partial charge in [-0.1, -0.05) is 13.8 Å². The van der Waals surface area contributed by atoms with E-state index in [1.165, 1.54) is 44.9 Å². The van der Waals surface area contributed by atoms with Crippen LogP contribution >= 0.6 is 0 Å². The molecule has 4 aliphatic rings. The van der Waals surface area contributed by atoms with Crippen molar-refractivity contribution in [3.8, 4) is 0 Å². The minimum Gasteiger partial charge on any atom is -0.393 e. The van der Waals surface area contributed by atoms with Crippen LogP contribution in [0.4, 0.5) is 0 Å². The fraction of sp³-hybridized carbons (Fsp3) is 0.950. The number of amides is 1. The molecule has 0 heterocycles. The Hall–Kier alpha value is -0.570. The maximum atomic E-state index is 11.0. The lowest BCUT2D eigenvalue weighted by Gasteiger charge is -2.60. The van der Waals surface area contributed by atoms with Crippen molar-refractivity contribution in [1.82, 2.24) is 5.32 Å². The normalized spacial score (nSPS) is 55.4. The summed E-state index contributed by atoms with van der Waals surface area (Å²) in [5.41, 5.74) is 0.777. The molecular weight excluding hydrogens is 286 g/mol. The highest BCUT2D eigenvalue weighted by molar-refractivity contribution is 5.47. The third-order valence-corrected chi connectivity index (χ3v) is 8.91. The van der Waals surface area contributed by atoms with Gasteiger partial charge in [0, 0.05) is 6.04 Å². The van der Waals surface area contributed by atoms with Crippen LogP contribution in [0.5, 0.6) is 0 Å². The van der Waals surface area contributed by atoms with E-state index in [0.29, 0.717) is 16.9 Å². The Balaban J connectivity index is 1.59. The van der Waals surface area contributed by atoms with Gasteiger partial charge in [-0.25, -0.2) is 0 Å². The van der Waals surface area contributed by atoms with E-state index in [9.17, 15) is 9.90 Å². The Morgan fingerprint density at radius 2 is 1.70 bits per heavy atom. The Bertz CT molecular complexity index is 480. The highest BCUT2D eigenvalue weighted by atomic mass is 16.3. The number of carbonyl (C=O) groups excluding carboxylic acids is 1. The van der Waals surface area contributed by atoms with Gasteiger partial charge in [0.1, 0.15) is 0 Å². The molecule has 0 radical (unpaired) electrons. The Morgan fingerprint density at radius 1 is 0.957 bits per heavy atom. The van der Waals surface area contributed by atoms with E-state index in [4.69, 9.17) is 0 Å². The summed E-state index contributed by atoms with van der Waals surface area (Å²) in [6, 6.07) is 0.393. The molecule has 3 nitrogen and oxygen atoms in total. The topological polar surface area (TPSA) is 49.3 Å². The summed E-state index contributed by atoms with van der Waals surface area (Å²) in [5, 5.41) is 13.2. The second-order valence-electron chi connectivity index (χ2n) is 9.54. The molecule has 0 bridgehead atoms. The lowest BCUT2D eigenvalue weighted by atomic mass is 9.45. The zero-order chi connectivity index (χ0) is 16.2. The first-order valence-corrected chi connectivity index (χ1v) is 9.87. The molecule has 4 rings (SSSR count). The second kappa shape index (κ2) is 5.47. The van der Waals surface area contributed by atoms with Gasteiger partial charge >= 0.3 is 0 Å². The molecule has 23 heavy (non-hydrogen) atoms. The van der Waals surface area contributed by atoms with E-state index in [1.807, 2.05) is 0 Å². The number of aliphatic hydroxyl groups excluding tert-OH is 1. The van der Waals surface area contributed by atoms with E-state index < -0.39 is 0 Å². The summed E-state index contributed by atoms with van der Waals surface area (Å²) in [6.07, 6.45) is 11.9. The van der Waals surface area contributed by atoms with Gasteiger partial charge in [-0.05, 0) is 92.3 Å². The van der Waals surface area contributed by atoms with Gasteiger partial charge < -0.3 is 10.4 Å². The monoisotopic (exact) mass is 319 g/mol. The fourth-order valence-corrected chi connectivity index (χ4v) is 7.59. The molecule has 130 valence electrons. The first-order chi connectivity index (χ1) is 11.0. The Kier molecular flexibility index (Phi) is 3.79. The molecular formula is C20H33NO2. The van der Waals surface area contributed by atoms with Crippen LogP contribution in [0.3, 0.4) is 0 Å². The minimum atomic E-state index is -0.0499. The van der Waals surface area contributed by atoms with Crippen molar-refractivity contribution in [3.63, 3.8) is 0 Å². The molecule has 4 aliphatic carbocycles. The lowest BCUT2D eigenvalue weighted by Crippen LogP contribution is -2.55. The van der Waals surface area contributed by atoms with Crippen LogP contribution < -0.4 is 5.32 Å². The van der Waals surface area contributed by atoms with Crippen LogP contribution in [0.2, 0.25) is 0 Å². The average Bonchev–Trinajstić information content (AvgIpc) is 2.85. The van der Waals surface area contributed by atoms with E-state index in [-0.39, 0.29) is 6.10 Å². The maximum absolute atomic E-state index is 11.0. The van der Waals surface area contributed by atoms with E-state index in [0.717, 1.165) is 42.9 Å². The van der Waals surface area contributed by atoms with Crippen LogP contribution in [0.1, 0.15) is 71.6 Å². The Labute approximate surface area is 140 Å². The molecule has 0 aromatic rings. The Morgan fingerprint density at radius 3 is 2.48 bits per heavy atom. The number of nitrogens with one attached hydrogen (secondary N) is 1. The van der Waals surface area contributed by atoms with Crippen molar-refractivity contribution in [2.75, 3.05) is 0 Å². The van der Waals surface area contributed by atoms with Crippen molar-refractivity contribution >= 4 is 6.41 Å². The number of hydrogen-bond acceptors (Lipinski definition) is 2. The van der Waals surface area contributed by atoms with Gasteiger partial charge in [0.05, 0.1) is 6.10 Å². The lowest BCUT2D eigenvalue weighted by molar-refractivity contribution is -0.126. The van der Waals surface area contributed by atoms with E-state index >= 15 is 0 Å². The number of fused-ring (bicyclic) bond motifs is 5. The first kappa shape index (κ1) is 15.9. The van der Waals surface area contributed by atoms with Crippen molar-refractivity contribution in [1.29, 1.82) is 0 Å². The van der Waals surface area contributed by atoms with Crippen molar-refractivity contribution in [3.05, 3.63) is 0 Å². The first-order valence-electron chi connectivity index (χ1n) is 9.87. The summed E-state index contributed by atoms with van der Waals surface area (Å²) in [4.78, 5) is 11.0. The standard InChI is InChI=1S/C20H33NO2/c1-19-9-7-14(23)11-13(19)3-4-15-16-5-6-18(21-12-22)20(16,2)10-8-17(15)19/h12-18,23H,3-11H2,1-2H3,(H,21,22)/t13-,14-,15-,16+,17-,18-,19-,20-/m0/s1. The quantitative estimate of drug-likeness (QED) is 0.765. The van der Waals surface area contributed by atoms with Gasteiger partial charge in [0.15, 0.2) is 0 Å². The van der Waals surface area contributed by atoms with Crippen molar-refractivity contribution in [2.45, 2.75) is 83.8 Å². The summed E-state index contributed by atoms with van der Waals surface area (Å²) in [6.45, 7) is 4.99. The molecule has 0 aromatic carbocycles. The van der Waals surface area contributed by atoms with Gasteiger partial charge in [0.2, 0.25) is 6.41 Å². The molecule has 2 N–H and O–H groups in total. The van der Waals surface area contributed by atoms with Crippen molar-refractivity contribution < 1.29 is 9.90 Å². The minimum absolute atomic E-state index is 0.0499.